The second-order valence-corrected chi connectivity index (χ2v) is 10.7. The minimum absolute atomic E-state index is 0.168. The van der Waals surface area contributed by atoms with Crippen LogP contribution in [0.15, 0.2) is 36.0 Å². The highest BCUT2D eigenvalue weighted by Crippen LogP contribution is 2.42. The molecule has 1 aliphatic rings. The van der Waals surface area contributed by atoms with E-state index >= 15 is 0 Å². The smallest absolute Gasteiger partial charge is 0.115 e. The summed E-state index contributed by atoms with van der Waals surface area (Å²) in [6, 6.07) is 7.90. The van der Waals surface area contributed by atoms with Gasteiger partial charge in [0.25, 0.3) is 0 Å². The van der Waals surface area contributed by atoms with Gasteiger partial charge >= 0.3 is 0 Å². The van der Waals surface area contributed by atoms with Gasteiger partial charge in [0.15, 0.2) is 0 Å². The maximum absolute atomic E-state index is 6.12. The number of epoxide rings is 1. The van der Waals surface area contributed by atoms with E-state index < -0.39 is 8.07 Å². The van der Waals surface area contributed by atoms with Gasteiger partial charge in [0.05, 0.1) is 8.07 Å². The first-order chi connectivity index (χ1) is 7.47. The van der Waals surface area contributed by atoms with Crippen molar-refractivity contribution >= 4 is 19.7 Å². The lowest BCUT2D eigenvalue weighted by Crippen LogP contribution is -2.15. The largest absolute Gasteiger partial charge is 0.360 e. The van der Waals surface area contributed by atoms with Gasteiger partial charge in [-0.25, -0.2) is 0 Å². The fourth-order valence-corrected chi connectivity index (χ4v) is 2.62. The summed E-state index contributed by atoms with van der Waals surface area (Å²) in [4.78, 5) is 0. The summed E-state index contributed by atoms with van der Waals surface area (Å²) < 4.78 is 5.63. The molecule has 86 valence electrons. The second-order valence-electron chi connectivity index (χ2n) is 5.27. The average Bonchev–Trinajstić information content (AvgIpc) is 2.94. The summed E-state index contributed by atoms with van der Waals surface area (Å²) in [7, 11) is -1.12. The third-order valence-electron chi connectivity index (χ3n) is 2.52. The summed E-state index contributed by atoms with van der Waals surface area (Å²) in [6.07, 6.45) is 2.59. The molecule has 2 atom stereocenters. The molecule has 1 fully saturated rings. The number of hydrogen-bond acceptors (Lipinski definition) is 1. The van der Waals surface area contributed by atoms with Gasteiger partial charge in [-0.05, 0) is 6.07 Å². The van der Waals surface area contributed by atoms with E-state index in [1.54, 1.807) is 0 Å². The van der Waals surface area contributed by atoms with E-state index in [9.17, 15) is 0 Å². The minimum atomic E-state index is -1.12. The average molecular weight is 253 g/mol. The van der Waals surface area contributed by atoms with Crippen LogP contribution >= 0.6 is 11.6 Å². The van der Waals surface area contributed by atoms with E-state index in [0.717, 1.165) is 10.6 Å². The lowest BCUT2D eigenvalue weighted by molar-refractivity contribution is 0.394. The molecule has 0 radical (unpaired) electrons. The van der Waals surface area contributed by atoms with Gasteiger partial charge in [-0.1, -0.05) is 61.2 Å². The third kappa shape index (κ3) is 2.97. The van der Waals surface area contributed by atoms with Crippen LogP contribution in [0.5, 0.6) is 0 Å². The van der Waals surface area contributed by atoms with Crippen LogP contribution in [0.25, 0.3) is 0 Å². The van der Waals surface area contributed by atoms with E-state index in [-0.39, 0.29) is 12.2 Å². The van der Waals surface area contributed by atoms with Crippen molar-refractivity contribution in [3.8, 4) is 0 Å². The molecular weight excluding hydrogens is 236 g/mol. The summed E-state index contributed by atoms with van der Waals surface area (Å²) in [5.41, 5.74) is 3.43. The van der Waals surface area contributed by atoms with Gasteiger partial charge in [-0.2, -0.15) is 0 Å². The summed E-state index contributed by atoms with van der Waals surface area (Å²) in [6.45, 7) is 6.95. The predicted molar refractivity (Wildman–Crippen MR) is 71.6 cm³/mol. The molecule has 0 aromatic heterocycles. The number of halogens is 1. The van der Waals surface area contributed by atoms with E-state index in [2.05, 4.69) is 31.4 Å². The van der Waals surface area contributed by atoms with Crippen molar-refractivity contribution in [3.63, 3.8) is 0 Å². The molecule has 1 nitrogen and oxygen atoms in total. The first-order valence-electron chi connectivity index (χ1n) is 5.57. The number of benzene rings is 1. The Morgan fingerprint density at radius 3 is 2.56 bits per heavy atom. The normalized spacial score (nSPS) is 25.0. The maximum atomic E-state index is 6.12. The van der Waals surface area contributed by atoms with E-state index in [0.29, 0.717) is 0 Å². The van der Waals surface area contributed by atoms with Crippen LogP contribution < -0.4 is 0 Å². The molecule has 1 aliphatic heterocycles. The highest BCUT2D eigenvalue weighted by Gasteiger charge is 2.39. The third-order valence-corrected chi connectivity index (χ3v) is 4.06. The zero-order valence-electron chi connectivity index (χ0n) is 9.91. The predicted octanol–water partition coefficient (Wildman–Crippen LogP) is 4.21. The zero-order chi connectivity index (χ0) is 11.8. The monoisotopic (exact) mass is 252 g/mol. The Labute approximate surface area is 103 Å². The molecule has 0 bridgehead atoms. The Hall–Kier alpha value is -0.573. The number of hydrogen-bond donors (Lipinski definition) is 0. The number of ether oxygens (including phenoxy) is 1. The highest BCUT2D eigenvalue weighted by atomic mass is 35.5. The van der Waals surface area contributed by atoms with E-state index in [1.807, 2.05) is 24.3 Å². The molecule has 1 aromatic rings. The quantitative estimate of drug-likeness (QED) is 0.580. The lowest BCUT2D eigenvalue weighted by atomic mass is 10.1. The number of rotatable bonds is 3. The van der Waals surface area contributed by atoms with Gasteiger partial charge in [0.1, 0.15) is 12.2 Å². The van der Waals surface area contributed by atoms with Crippen molar-refractivity contribution in [2.24, 2.45) is 0 Å². The van der Waals surface area contributed by atoms with Crippen molar-refractivity contribution in [2.45, 2.75) is 31.8 Å². The summed E-state index contributed by atoms with van der Waals surface area (Å²) in [5.74, 6) is 0. The molecule has 1 heterocycles. The molecule has 0 unspecified atom stereocenters. The van der Waals surface area contributed by atoms with E-state index in [4.69, 9.17) is 16.3 Å². The first kappa shape index (κ1) is 11.9. The second kappa shape index (κ2) is 4.36. The molecule has 0 aliphatic carbocycles. The van der Waals surface area contributed by atoms with Crippen molar-refractivity contribution in [1.29, 1.82) is 0 Å². The first-order valence-corrected chi connectivity index (χ1v) is 9.52. The Balaban J connectivity index is 2.03. The Kier molecular flexibility index (Phi) is 3.24. The molecule has 1 saturated heterocycles. The molecule has 0 saturated carbocycles. The Morgan fingerprint density at radius 1 is 1.25 bits per heavy atom. The van der Waals surface area contributed by atoms with Crippen LogP contribution in [0.3, 0.4) is 0 Å². The fourth-order valence-electron chi connectivity index (χ4n) is 1.61. The van der Waals surface area contributed by atoms with Crippen LogP contribution in [-0.4, -0.2) is 14.2 Å². The molecule has 0 amide bonds. The van der Waals surface area contributed by atoms with Crippen LogP contribution in [-0.2, 0) is 4.74 Å². The topological polar surface area (TPSA) is 12.5 Å². The standard InChI is InChI=1S/C13H17ClOSi/c1-16(2,3)9-8-12-13(15-12)10-6-4-5-7-11(10)14/h4-9,12-13H,1-3H3/b9-8+/t12-,13+/m0/s1. The van der Waals surface area contributed by atoms with Crippen LogP contribution in [0.4, 0.5) is 0 Å². The lowest BCUT2D eigenvalue weighted by Gasteiger charge is -2.07. The van der Waals surface area contributed by atoms with E-state index in [1.165, 1.54) is 0 Å². The SMILES string of the molecule is C[Si](C)(C)/C=C/[C@@H]1O[C@@H]1c1ccccc1Cl. The molecule has 0 N–H and O–H groups in total. The van der Waals surface area contributed by atoms with Crippen molar-refractivity contribution in [2.75, 3.05) is 0 Å². The van der Waals surface area contributed by atoms with Crippen molar-refractivity contribution < 1.29 is 4.74 Å². The molecule has 3 heteroatoms. The molecule has 2 rings (SSSR count). The molecule has 16 heavy (non-hydrogen) atoms. The molecular formula is C13H17ClOSi. The summed E-state index contributed by atoms with van der Waals surface area (Å²) >= 11 is 6.12. The Morgan fingerprint density at radius 2 is 1.94 bits per heavy atom. The minimum Gasteiger partial charge on any atom is -0.360 e. The van der Waals surface area contributed by atoms with Gasteiger partial charge in [-0.15, -0.1) is 0 Å². The fraction of sp³-hybridized carbons (Fsp3) is 0.385. The zero-order valence-corrected chi connectivity index (χ0v) is 11.7. The van der Waals surface area contributed by atoms with Crippen LogP contribution in [0, 0.1) is 0 Å². The van der Waals surface area contributed by atoms with Crippen molar-refractivity contribution in [3.05, 3.63) is 46.6 Å². The maximum Gasteiger partial charge on any atom is 0.115 e. The highest BCUT2D eigenvalue weighted by molar-refractivity contribution is 6.80. The van der Waals surface area contributed by atoms with Crippen LogP contribution in [0.2, 0.25) is 24.7 Å². The van der Waals surface area contributed by atoms with Crippen molar-refractivity contribution in [1.82, 2.24) is 0 Å². The Bertz CT molecular complexity index is 409. The van der Waals surface area contributed by atoms with Gasteiger partial charge < -0.3 is 4.74 Å². The van der Waals surface area contributed by atoms with Crippen LogP contribution in [0.1, 0.15) is 11.7 Å². The molecule has 1 aromatic carbocycles. The van der Waals surface area contributed by atoms with Gasteiger partial charge in [-0.3, -0.25) is 0 Å². The van der Waals surface area contributed by atoms with Gasteiger partial charge in [0, 0.05) is 10.6 Å². The summed E-state index contributed by atoms with van der Waals surface area (Å²) in [5, 5.41) is 0.802. The molecule has 0 spiro atoms. The van der Waals surface area contributed by atoms with Gasteiger partial charge in [0.2, 0.25) is 0 Å².